The van der Waals surface area contributed by atoms with Crippen molar-refractivity contribution >= 4 is 23.1 Å². The highest BCUT2D eigenvalue weighted by Crippen LogP contribution is 2.41. The molecule has 2 N–H and O–H groups in total. The average molecular weight is 373 g/mol. The lowest BCUT2D eigenvalue weighted by molar-refractivity contribution is -0.162. The number of ether oxygens (including phenoxy) is 2. The number of hydrogen-bond acceptors (Lipinski definition) is 6. The highest BCUT2D eigenvalue weighted by molar-refractivity contribution is 7.12. The number of carbonyl (C=O) groups excluding carboxylic acids is 1. The van der Waals surface area contributed by atoms with Crippen LogP contribution in [-0.4, -0.2) is 36.6 Å². The fraction of sp³-hybridized carbons (Fsp3) is 0.368. The Balaban J connectivity index is 2.08. The summed E-state index contributed by atoms with van der Waals surface area (Å²) in [5.41, 5.74) is 5.60. The van der Waals surface area contributed by atoms with Gasteiger partial charge in [0.2, 0.25) is 5.72 Å². The lowest BCUT2D eigenvalue weighted by atomic mass is 9.96. The Kier molecular flexibility index (Phi) is 5.70. The maximum atomic E-state index is 13.0. The van der Waals surface area contributed by atoms with E-state index in [2.05, 4.69) is 5.10 Å². The van der Waals surface area contributed by atoms with Crippen LogP contribution in [0.4, 0.5) is 0 Å². The molecular formula is C19H23N3O3S. The normalized spacial score (nSPS) is 20.6. The number of amides is 1. The number of nitrogens with zero attached hydrogens (tertiary/aromatic N) is 2. The Morgan fingerprint density at radius 1 is 1.35 bits per heavy atom. The molecule has 6 nitrogen and oxygen atoms in total. The van der Waals surface area contributed by atoms with Gasteiger partial charge >= 0.3 is 0 Å². The van der Waals surface area contributed by atoms with E-state index in [-0.39, 0.29) is 5.91 Å². The van der Waals surface area contributed by atoms with Crippen LogP contribution in [0.25, 0.3) is 0 Å². The second-order valence-electron chi connectivity index (χ2n) is 6.06. The Morgan fingerprint density at radius 3 is 2.73 bits per heavy atom. The topological polar surface area (TPSA) is 77.1 Å². The van der Waals surface area contributed by atoms with Crippen molar-refractivity contribution in [3.8, 4) is 0 Å². The number of carbonyl (C=O) groups is 1. The van der Waals surface area contributed by atoms with Gasteiger partial charge in [-0.3, -0.25) is 4.79 Å². The summed E-state index contributed by atoms with van der Waals surface area (Å²) in [6.45, 7) is 2.20. The molecule has 1 unspecified atom stereocenters. The van der Waals surface area contributed by atoms with Crippen LogP contribution >= 0.6 is 11.3 Å². The third kappa shape index (κ3) is 3.38. The van der Waals surface area contributed by atoms with E-state index in [0.29, 0.717) is 25.3 Å². The Morgan fingerprint density at radius 2 is 2.12 bits per heavy atom. The minimum Gasteiger partial charge on any atom is -0.442 e. The number of rotatable bonds is 7. The molecule has 26 heavy (non-hydrogen) atoms. The van der Waals surface area contributed by atoms with Gasteiger partial charge in [-0.15, -0.1) is 16.4 Å². The van der Waals surface area contributed by atoms with Crippen molar-refractivity contribution in [3.05, 3.63) is 58.3 Å². The zero-order chi connectivity index (χ0) is 18.6. The molecule has 1 aliphatic rings. The van der Waals surface area contributed by atoms with Crippen molar-refractivity contribution in [2.24, 2.45) is 10.8 Å². The summed E-state index contributed by atoms with van der Waals surface area (Å²) in [7, 11) is 1.51. The molecule has 2 aromatic rings. The van der Waals surface area contributed by atoms with Crippen molar-refractivity contribution in [2.75, 3.05) is 13.7 Å². The van der Waals surface area contributed by atoms with Gasteiger partial charge in [0, 0.05) is 19.1 Å². The van der Waals surface area contributed by atoms with Gasteiger partial charge in [-0.1, -0.05) is 36.4 Å². The van der Waals surface area contributed by atoms with E-state index in [1.54, 1.807) is 6.92 Å². The van der Waals surface area contributed by atoms with Gasteiger partial charge in [0.1, 0.15) is 6.10 Å². The number of benzene rings is 1. The maximum absolute atomic E-state index is 13.0. The number of hydrogen-bond donors (Lipinski definition) is 1. The molecule has 7 heteroatoms. The van der Waals surface area contributed by atoms with Gasteiger partial charge in [0.05, 0.1) is 4.88 Å². The van der Waals surface area contributed by atoms with Crippen molar-refractivity contribution in [1.82, 2.24) is 5.01 Å². The van der Waals surface area contributed by atoms with E-state index in [9.17, 15) is 4.79 Å². The molecule has 1 amide bonds. The Hall–Kier alpha value is -2.22. The number of methoxy groups -OCH3 is 1. The van der Waals surface area contributed by atoms with Crippen LogP contribution in [0.1, 0.15) is 30.2 Å². The molecule has 1 aromatic carbocycles. The molecule has 0 spiro atoms. The monoisotopic (exact) mass is 373 g/mol. The number of thiophene rings is 1. The lowest BCUT2D eigenvalue weighted by Crippen LogP contribution is -2.48. The largest absolute Gasteiger partial charge is 0.442 e. The van der Waals surface area contributed by atoms with Gasteiger partial charge in [0.15, 0.2) is 0 Å². The second kappa shape index (κ2) is 7.99. The van der Waals surface area contributed by atoms with Gasteiger partial charge in [-0.05, 0) is 31.3 Å². The van der Waals surface area contributed by atoms with Crippen LogP contribution in [-0.2, 0) is 20.0 Å². The molecule has 0 radical (unpaired) electrons. The summed E-state index contributed by atoms with van der Waals surface area (Å²) in [6, 6.07) is 13.5. The van der Waals surface area contributed by atoms with Crippen LogP contribution < -0.4 is 5.73 Å². The molecule has 0 bridgehead atoms. The van der Waals surface area contributed by atoms with Gasteiger partial charge in [0.25, 0.3) is 11.8 Å². The molecule has 0 aliphatic carbocycles. The van der Waals surface area contributed by atoms with Crippen LogP contribution in [0.2, 0.25) is 0 Å². The molecule has 1 aromatic heterocycles. The molecule has 2 heterocycles. The third-order valence-corrected chi connectivity index (χ3v) is 5.24. The summed E-state index contributed by atoms with van der Waals surface area (Å²) >= 11 is 1.52. The van der Waals surface area contributed by atoms with E-state index >= 15 is 0 Å². The number of hydrazone groups is 1. The standard InChI is InChI=1S/C19H23N3O3S/c1-14(24-2)18(23)22-19(11-7-12-20,15-8-4-3-5-9-15)25-17(21-22)16-10-6-13-26-16/h3-6,8-10,13-14H,7,11-12,20H2,1-2H3/t14-,19?/m0/s1. The average Bonchev–Trinajstić information content (AvgIpc) is 3.34. The Labute approximate surface area is 157 Å². The van der Waals surface area contributed by atoms with E-state index in [0.717, 1.165) is 10.4 Å². The van der Waals surface area contributed by atoms with Crippen molar-refractivity contribution in [3.63, 3.8) is 0 Å². The minimum absolute atomic E-state index is 0.250. The zero-order valence-electron chi connectivity index (χ0n) is 14.9. The lowest BCUT2D eigenvalue weighted by Gasteiger charge is -2.36. The fourth-order valence-electron chi connectivity index (χ4n) is 2.92. The van der Waals surface area contributed by atoms with Crippen LogP contribution in [0.3, 0.4) is 0 Å². The number of nitrogens with two attached hydrogens (primary N) is 1. The van der Waals surface area contributed by atoms with Gasteiger partial charge in [-0.2, -0.15) is 5.01 Å². The van der Waals surface area contributed by atoms with Crippen molar-refractivity contribution < 1.29 is 14.3 Å². The second-order valence-corrected chi connectivity index (χ2v) is 7.00. The predicted octanol–water partition coefficient (Wildman–Crippen LogP) is 2.90. The van der Waals surface area contributed by atoms with E-state index in [1.165, 1.54) is 23.5 Å². The van der Waals surface area contributed by atoms with E-state index < -0.39 is 11.8 Å². The summed E-state index contributed by atoms with van der Waals surface area (Å²) in [6.07, 6.45) is 0.590. The SMILES string of the molecule is CO[C@@H](C)C(=O)N1N=C(c2cccs2)OC1(CCCN)c1ccccc1. The minimum atomic E-state index is -1.02. The quantitative estimate of drug-likeness (QED) is 0.810. The smallest absolute Gasteiger partial charge is 0.275 e. The molecule has 3 rings (SSSR count). The summed E-state index contributed by atoms with van der Waals surface area (Å²) in [4.78, 5) is 13.9. The van der Waals surface area contributed by atoms with Gasteiger partial charge < -0.3 is 15.2 Å². The maximum Gasteiger partial charge on any atom is 0.275 e. The summed E-state index contributed by atoms with van der Waals surface area (Å²) in [5, 5.41) is 7.93. The first-order valence-electron chi connectivity index (χ1n) is 8.56. The first-order chi connectivity index (χ1) is 12.6. The highest BCUT2D eigenvalue weighted by Gasteiger charge is 2.50. The molecule has 0 fully saturated rings. The van der Waals surface area contributed by atoms with Crippen molar-refractivity contribution in [1.29, 1.82) is 0 Å². The third-order valence-electron chi connectivity index (χ3n) is 4.39. The van der Waals surface area contributed by atoms with Crippen LogP contribution in [0.15, 0.2) is 52.9 Å². The Bertz CT molecular complexity index is 764. The van der Waals surface area contributed by atoms with Crippen molar-refractivity contribution in [2.45, 2.75) is 31.6 Å². The summed E-state index contributed by atoms with van der Waals surface area (Å²) < 4.78 is 11.6. The molecule has 2 atom stereocenters. The molecule has 1 aliphatic heterocycles. The summed E-state index contributed by atoms with van der Waals surface area (Å²) in [5.74, 6) is 0.192. The van der Waals surface area contributed by atoms with Gasteiger partial charge in [-0.25, -0.2) is 0 Å². The fourth-order valence-corrected chi connectivity index (χ4v) is 3.56. The zero-order valence-corrected chi connectivity index (χ0v) is 15.7. The molecule has 0 saturated heterocycles. The molecular weight excluding hydrogens is 350 g/mol. The van der Waals surface area contributed by atoms with E-state index in [4.69, 9.17) is 15.2 Å². The van der Waals surface area contributed by atoms with E-state index in [1.807, 2.05) is 47.8 Å². The predicted molar refractivity (Wildman–Crippen MR) is 102 cm³/mol. The first-order valence-corrected chi connectivity index (χ1v) is 9.44. The van der Waals surface area contributed by atoms with Crippen LogP contribution in [0.5, 0.6) is 0 Å². The molecule has 138 valence electrons. The molecule has 0 saturated carbocycles. The highest BCUT2D eigenvalue weighted by atomic mass is 32.1. The first kappa shape index (κ1) is 18.6. The van der Waals surface area contributed by atoms with Crippen LogP contribution in [0, 0.1) is 0 Å².